The van der Waals surface area contributed by atoms with E-state index in [-0.39, 0.29) is 44.7 Å². The molecule has 5 fully saturated rings. The van der Waals surface area contributed by atoms with Crippen molar-refractivity contribution in [2.45, 2.75) is 107 Å². The van der Waals surface area contributed by atoms with E-state index in [1.807, 2.05) is 30.3 Å². The van der Waals surface area contributed by atoms with Crippen LogP contribution in [0.4, 0.5) is 0 Å². The molecule has 1 aromatic rings. The van der Waals surface area contributed by atoms with E-state index in [4.69, 9.17) is 37.6 Å². The molecular formula is C39H54O13Si. The highest BCUT2D eigenvalue weighted by Gasteiger charge is 2.82. The molecular weight excluding hydrogens is 705 g/mol. The summed E-state index contributed by atoms with van der Waals surface area (Å²) in [6, 6.07) is 11.5. The van der Waals surface area contributed by atoms with Crippen LogP contribution in [0.3, 0.4) is 0 Å². The minimum Gasteiger partial charge on any atom is -0.467 e. The molecule has 2 aliphatic carbocycles. The molecule has 6 rings (SSSR count). The standard InChI is InChI=1S/C39H54O13Si/c1-8-25(27-17-24(40)18-29(45-5)51-27)30-32(41)33-31-26(21-48-33)38(44,35(42)46-6)19-28(52-53(9-2,10-3)11-4)37(31)22-50-39(34(30)37,36(43)47-7)49-20-23-15-13-12-14-16-23/h12-16,24,26-31,33-34,40,44H,1,9-11,17-22H2,2-7H3/t24-,26?,27+,28+,29+,30+,31-,33-,34+,37+,38-,39+/m1/s1. The third-order valence-electron chi connectivity index (χ3n) is 13.0. The van der Waals surface area contributed by atoms with E-state index in [0.29, 0.717) is 0 Å². The van der Waals surface area contributed by atoms with Crippen molar-refractivity contribution in [3.8, 4) is 0 Å². The Morgan fingerprint density at radius 3 is 2.32 bits per heavy atom. The monoisotopic (exact) mass is 758 g/mol. The van der Waals surface area contributed by atoms with Gasteiger partial charge in [0.15, 0.2) is 26.0 Å². The van der Waals surface area contributed by atoms with E-state index >= 15 is 4.79 Å². The van der Waals surface area contributed by atoms with Crippen LogP contribution in [0.5, 0.6) is 0 Å². The van der Waals surface area contributed by atoms with Gasteiger partial charge in [-0.1, -0.05) is 57.7 Å². The van der Waals surface area contributed by atoms with Crippen molar-refractivity contribution in [1.29, 1.82) is 0 Å². The van der Waals surface area contributed by atoms with Gasteiger partial charge in [-0.2, -0.15) is 0 Å². The maximum atomic E-state index is 15.3. The molecule has 292 valence electrons. The van der Waals surface area contributed by atoms with Gasteiger partial charge in [0, 0.05) is 55.1 Å². The highest BCUT2D eigenvalue weighted by Crippen LogP contribution is 2.69. The van der Waals surface area contributed by atoms with E-state index in [1.165, 1.54) is 21.3 Å². The van der Waals surface area contributed by atoms with Gasteiger partial charge in [-0.25, -0.2) is 9.59 Å². The summed E-state index contributed by atoms with van der Waals surface area (Å²) in [5.74, 6) is -8.51. The lowest BCUT2D eigenvalue weighted by Crippen LogP contribution is -2.73. The number of Topliss-reactive ketones (excluding diaryl/α,β-unsaturated/α-hetero) is 1. The first-order valence-corrected chi connectivity index (χ1v) is 21.2. The van der Waals surface area contributed by atoms with Crippen LogP contribution in [-0.2, 0) is 58.6 Å². The Bertz CT molecular complexity index is 1570. The molecule has 14 heteroatoms. The van der Waals surface area contributed by atoms with Gasteiger partial charge in [0.05, 0.1) is 58.3 Å². The lowest BCUT2D eigenvalue weighted by molar-refractivity contribution is -0.261. The molecule has 3 heterocycles. The number of aliphatic hydroxyl groups excluding tert-OH is 1. The normalized spacial score (nSPS) is 39.1. The van der Waals surface area contributed by atoms with Crippen molar-refractivity contribution >= 4 is 26.0 Å². The van der Waals surface area contributed by atoms with Crippen LogP contribution >= 0.6 is 0 Å². The van der Waals surface area contributed by atoms with Crippen molar-refractivity contribution in [3.63, 3.8) is 0 Å². The smallest absolute Gasteiger partial charge is 0.366 e. The van der Waals surface area contributed by atoms with Gasteiger partial charge in [-0.05, 0) is 23.7 Å². The Kier molecular flexibility index (Phi) is 11.6. The van der Waals surface area contributed by atoms with E-state index in [1.54, 1.807) is 0 Å². The van der Waals surface area contributed by atoms with E-state index in [9.17, 15) is 19.8 Å². The summed E-state index contributed by atoms with van der Waals surface area (Å²) < 4.78 is 49.6. The van der Waals surface area contributed by atoms with Crippen LogP contribution in [0.25, 0.3) is 0 Å². The second-order valence-electron chi connectivity index (χ2n) is 15.1. The number of carbonyl (C=O) groups is 3. The number of hydrogen-bond acceptors (Lipinski definition) is 13. The highest BCUT2D eigenvalue weighted by atomic mass is 28.4. The minimum atomic E-state index is -2.57. The fraction of sp³-hybridized carbons (Fsp3) is 0.692. The lowest BCUT2D eigenvalue weighted by atomic mass is 9.44. The van der Waals surface area contributed by atoms with Crippen molar-refractivity contribution in [3.05, 3.63) is 53.8 Å². The molecule has 13 nitrogen and oxygen atoms in total. The third-order valence-corrected chi connectivity index (χ3v) is 17.7. The summed E-state index contributed by atoms with van der Waals surface area (Å²) in [5, 5.41) is 23.4. The van der Waals surface area contributed by atoms with E-state index < -0.39 is 97.2 Å². The lowest BCUT2D eigenvalue weighted by Gasteiger charge is -2.61. The molecule has 0 amide bonds. The SMILES string of the molecule is C=C=C([C@H]1C(=O)[C@@H]2OCC3[C@H]2[C@]2(CO[C@](OCc4ccccc4)(C(=O)OC)[C@@H]12)[C@@H](O[Si](CC)(CC)CC)C[C@]3(O)C(=O)OC)[C@@H]1C[C@@H](O)C[C@@H](OC)O1. The molecule has 5 aliphatic rings. The molecule has 0 radical (unpaired) electrons. The van der Waals surface area contributed by atoms with E-state index in [0.717, 1.165) is 23.7 Å². The average Bonchev–Trinajstić information content (AvgIpc) is 3.79. The van der Waals surface area contributed by atoms with Crippen LogP contribution < -0.4 is 0 Å². The number of aliphatic hydroxyl groups is 2. The van der Waals surface area contributed by atoms with Crippen LogP contribution in [0.2, 0.25) is 18.1 Å². The Labute approximate surface area is 312 Å². The van der Waals surface area contributed by atoms with Crippen molar-refractivity contribution in [2.75, 3.05) is 34.5 Å². The Morgan fingerprint density at radius 2 is 1.72 bits per heavy atom. The first kappa shape index (κ1) is 39.9. The van der Waals surface area contributed by atoms with Crippen molar-refractivity contribution in [1.82, 2.24) is 0 Å². The number of rotatable bonds is 13. The van der Waals surface area contributed by atoms with Gasteiger partial charge < -0.3 is 47.8 Å². The molecule has 53 heavy (non-hydrogen) atoms. The minimum absolute atomic E-state index is 0.0792. The zero-order valence-corrected chi connectivity index (χ0v) is 32.5. The Balaban J connectivity index is 1.62. The number of carbonyl (C=O) groups excluding carboxylic acids is 3. The second kappa shape index (κ2) is 15.4. The quantitative estimate of drug-likeness (QED) is 0.171. The van der Waals surface area contributed by atoms with Gasteiger partial charge in [-0.15, -0.1) is 5.73 Å². The largest absolute Gasteiger partial charge is 0.467 e. The summed E-state index contributed by atoms with van der Waals surface area (Å²) in [6.07, 6.45) is -4.46. The zero-order chi connectivity index (χ0) is 38.3. The number of benzene rings is 1. The third kappa shape index (κ3) is 6.29. The van der Waals surface area contributed by atoms with Gasteiger partial charge in [0.2, 0.25) is 0 Å². The van der Waals surface area contributed by atoms with Gasteiger partial charge >= 0.3 is 11.9 Å². The maximum absolute atomic E-state index is 15.3. The topological polar surface area (TPSA) is 166 Å². The Hall–Kier alpha value is -2.75. The molecule has 0 bridgehead atoms. The summed E-state index contributed by atoms with van der Waals surface area (Å²) in [4.78, 5) is 43.4. The summed E-state index contributed by atoms with van der Waals surface area (Å²) >= 11 is 0. The molecule has 2 N–H and O–H groups in total. The summed E-state index contributed by atoms with van der Waals surface area (Å²) in [5.41, 5.74) is 0.681. The molecule has 0 aromatic heterocycles. The molecule has 12 atom stereocenters. The van der Waals surface area contributed by atoms with Crippen molar-refractivity contribution < 1.29 is 62.2 Å². The number of ketones is 1. The van der Waals surface area contributed by atoms with Crippen molar-refractivity contribution in [2.24, 2.45) is 29.1 Å². The van der Waals surface area contributed by atoms with Gasteiger partial charge in [0.25, 0.3) is 5.79 Å². The fourth-order valence-corrected chi connectivity index (χ4v) is 13.1. The first-order valence-electron chi connectivity index (χ1n) is 18.7. The van der Waals surface area contributed by atoms with Gasteiger partial charge in [0.1, 0.15) is 6.10 Å². The molecule has 3 saturated heterocycles. The molecule has 2 saturated carbocycles. The highest BCUT2D eigenvalue weighted by molar-refractivity contribution is 6.73. The predicted octanol–water partition coefficient (Wildman–Crippen LogP) is 3.46. The Morgan fingerprint density at radius 1 is 1.04 bits per heavy atom. The number of hydrogen-bond donors (Lipinski definition) is 2. The number of ether oxygens (including phenoxy) is 7. The predicted molar refractivity (Wildman–Crippen MR) is 190 cm³/mol. The van der Waals surface area contributed by atoms with Gasteiger partial charge in [-0.3, -0.25) is 4.79 Å². The van der Waals surface area contributed by atoms with Crippen LogP contribution in [0.1, 0.15) is 45.6 Å². The number of esters is 2. The number of methoxy groups -OCH3 is 3. The second-order valence-corrected chi connectivity index (χ2v) is 19.8. The summed E-state index contributed by atoms with van der Waals surface area (Å²) in [6.45, 7) is 9.87. The van der Waals surface area contributed by atoms with Crippen LogP contribution in [0.15, 0.2) is 48.2 Å². The van der Waals surface area contributed by atoms with E-state index in [2.05, 4.69) is 33.1 Å². The molecule has 1 aromatic carbocycles. The van der Waals surface area contributed by atoms with Crippen LogP contribution in [0, 0.1) is 29.1 Å². The summed E-state index contributed by atoms with van der Waals surface area (Å²) in [7, 11) is 1.35. The maximum Gasteiger partial charge on any atom is 0.366 e. The molecule has 1 unspecified atom stereocenters. The zero-order valence-electron chi connectivity index (χ0n) is 31.5. The molecule has 3 aliphatic heterocycles. The molecule has 1 spiro atoms. The first-order chi connectivity index (χ1) is 25.4. The average molecular weight is 759 g/mol. The van der Waals surface area contributed by atoms with Crippen LogP contribution in [-0.4, -0.2) is 113 Å². The fourth-order valence-electron chi connectivity index (χ4n) is 10.2.